The second-order valence-electron chi connectivity index (χ2n) is 5.53. The Morgan fingerprint density at radius 3 is 2.89 bits per heavy atom. The predicted octanol–water partition coefficient (Wildman–Crippen LogP) is 2.58. The molecule has 1 unspecified atom stereocenters. The van der Waals surface area contributed by atoms with Crippen molar-refractivity contribution in [3.8, 4) is 0 Å². The second-order valence-corrected chi connectivity index (χ2v) is 5.53. The quantitative estimate of drug-likeness (QED) is 0.780. The van der Waals surface area contributed by atoms with Crippen LogP contribution in [0.3, 0.4) is 0 Å². The molecule has 1 saturated heterocycles. The van der Waals surface area contributed by atoms with E-state index in [0.717, 1.165) is 19.5 Å². The number of hydrogen-bond acceptors (Lipinski definition) is 2. The van der Waals surface area contributed by atoms with Gasteiger partial charge in [0.15, 0.2) is 0 Å². The molecule has 0 amide bonds. The molecule has 2 N–H and O–H groups in total. The van der Waals surface area contributed by atoms with Gasteiger partial charge >= 0.3 is 0 Å². The maximum Gasteiger partial charge on any atom is 0.0192 e. The molecular weight excluding hydrogens is 220 g/mol. The van der Waals surface area contributed by atoms with Gasteiger partial charge < -0.3 is 10.6 Å². The highest BCUT2D eigenvalue weighted by Gasteiger charge is 2.11. The van der Waals surface area contributed by atoms with E-state index in [2.05, 4.69) is 42.7 Å². The summed E-state index contributed by atoms with van der Waals surface area (Å²) >= 11 is 0. The number of nitrogens with one attached hydrogen (secondary N) is 2. The molecule has 100 valence electrons. The molecule has 2 heteroatoms. The monoisotopic (exact) mass is 246 g/mol. The van der Waals surface area contributed by atoms with Crippen molar-refractivity contribution in [1.29, 1.82) is 0 Å². The first kappa shape index (κ1) is 13.6. The molecular formula is C16H26N2. The number of piperidine rings is 1. The lowest BCUT2D eigenvalue weighted by Crippen LogP contribution is -2.42. The Balaban J connectivity index is 1.68. The third-order valence-electron chi connectivity index (χ3n) is 3.87. The molecule has 1 aliphatic heterocycles. The third-order valence-corrected chi connectivity index (χ3v) is 3.87. The standard InChI is InChI=1S/C16H26N2/c1-13-6-7-15(14(2)11-13)8-10-17-12-16-5-3-4-9-18-16/h6-7,11,16-18H,3-5,8-10,12H2,1-2H3. The minimum Gasteiger partial charge on any atom is -0.315 e. The average Bonchev–Trinajstić information content (AvgIpc) is 2.38. The van der Waals surface area contributed by atoms with Gasteiger partial charge in [0, 0.05) is 12.6 Å². The highest BCUT2D eigenvalue weighted by molar-refractivity contribution is 5.30. The van der Waals surface area contributed by atoms with Crippen LogP contribution in [0.5, 0.6) is 0 Å². The summed E-state index contributed by atoms with van der Waals surface area (Å²) in [5.74, 6) is 0. The SMILES string of the molecule is Cc1ccc(CCNCC2CCCCN2)c(C)c1. The molecule has 1 aromatic rings. The van der Waals surface area contributed by atoms with Crippen molar-refractivity contribution >= 4 is 0 Å². The fourth-order valence-electron chi connectivity index (χ4n) is 2.72. The summed E-state index contributed by atoms with van der Waals surface area (Å²) in [6.45, 7) is 7.77. The zero-order chi connectivity index (χ0) is 12.8. The summed E-state index contributed by atoms with van der Waals surface area (Å²) in [4.78, 5) is 0. The Kier molecular flexibility index (Phi) is 5.21. The molecule has 0 aliphatic carbocycles. The molecule has 0 spiro atoms. The molecule has 1 atom stereocenters. The maximum atomic E-state index is 3.58. The molecule has 2 rings (SSSR count). The molecule has 0 bridgehead atoms. The fraction of sp³-hybridized carbons (Fsp3) is 0.625. The fourth-order valence-corrected chi connectivity index (χ4v) is 2.72. The summed E-state index contributed by atoms with van der Waals surface area (Å²) in [5, 5.41) is 7.16. The largest absolute Gasteiger partial charge is 0.315 e. The van der Waals surface area contributed by atoms with Gasteiger partial charge in [-0.15, -0.1) is 0 Å². The van der Waals surface area contributed by atoms with Gasteiger partial charge in [-0.3, -0.25) is 0 Å². The van der Waals surface area contributed by atoms with Gasteiger partial charge in [0.2, 0.25) is 0 Å². The Morgan fingerprint density at radius 1 is 1.28 bits per heavy atom. The lowest BCUT2D eigenvalue weighted by Gasteiger charge is -2.23. The van der Waals surface area contributed by atoms with Crippen molar-refractivity contribution < 1.29 is 0 Å². The van der Waals surface area contributed by atoms with Crippen molar-refractivity contribution in [1.82, 2.24) is 10.6 Å². The van der Waals surface area contributed by atoms with Crippen molar-refractivity contribution in [2.75, 3.05) is 19.6 Å². The normalized spacial score (nSPS) is 20.0. The first-order chi connectivity index (χ1) is 8.75. The van der Waals surface area contributed by atoms with E-state index in [0.29, 0.717) is 6.04 Å². The Morgan fingerprint density at radius 2 is 2.17 bits per heavy atom. The van der Waals surface area contributed by atoms with E-state index >= 15 is 0 Å². The van der Waals surface area contributed by atoms with E-state index < -0.39 is 0 Å². The van der Waals surface area contributed by atoms with Gasteiger partial charge in [-0.2, -0.15) is 0 Å². The van der Waals surface area contributed by atoms with Gasteiger partial charge in [-0.25, -0.2) is 0 Å². The highest BCUT2D eigenvalue weighted by atomic mass is 15.0. The Hall–Kier alpha value is -0.860. The lowest BCUT2D eigenvalue weighted by atomic mass is 10.0. The van der Waals surface area contributed by atoms with Crippen molar-refractivity contribution in [3.63, 3.8) is 0 Å². The molecule has 2 nitrogen and oxygen atoms in total. The minimum absolute atomic E-state index is 0.692. The van der Waals surface area contributed by atoms with Crippen LogP contribution in [0, 0.1) is 13.8 Å². The smallest absolute Gasteiger partial charge is 0.0192 e. The third kappa shape index (κ3) is 4.11. The lowest BCUT2D eigenvalue weighted by molar-refractivity contribution is 0.384. The van der Waals surface area contributed by atoms with Crippen LogP contribution in [-0.2, 0) is 6.42 Å². The minimum atomic E-state index is 0.692. The van der Waals surface area contributed by atoms with E-state index in [4.69, 9.17) is 0 Å². The zero-order valence-electron chi connectivity index (χ0n) is 11.8. The van der Waals surface area contributed by atoms with Crippen LogP contribution in [0.4, 0.5) is 0 Å². The topological polar surface area (TPSA) is 24.1 Å². The average molecular weight is 246 g/mol. The molecule has 0 radical (unpaired) electrons. The number of rotatable bonds is 5. The van der Waals surface area contributed by atoms with E-state index in [1.54, 1.807) is 0 Å². The van der Waals surface area contributed by atoms with Gasteiger partial charge in [-0.05, 0) is 57.3 Å². The Labute approximate surface area is 111 Å². The summed E-state index contributed by atoms with van der Waals surface area (Å²) in [6, 6.07) is 7.45. The summed E-state index contributed by atoms with van der Waals surface area (Å²) < 4.78 is 0. The predicted molar refractivity (Wildman–Crippen MR) is 78.1 cm³/mol. The molecule has 1 aliphatic rings. The van der Waals surface area contributed by atoms with E-state index in [-0.39, 0.29) is 0 Å². The summed E-state index contributed by atoms with van der Waals surface area (Å²) in [7, 11) is 0. The Bertz CT molecular complexity index is 367. The molecule has 0 saturated carbocycles. The van der Waals surface area contributed by atoms with E-state index in [1.807, 2.05) is 0 Å². The zero-order valence-corrected chi connectivity index (χ0v) is 11.8. The van der Waals surface area contributed by atoms with Gasteiger partial charge in [0.05, 0.1) is 0 Å². The molecule has 1 heterocycles. The van der Waals surface area contributed by atoms with Crippen molar-refractivity contribution in [2.24, 2.45) is 0 Å². The summed E-state index contributed by atoms with van der Waals surface area (Å²) in [5.41, 5.74) is 4.26. The van der Waals surface area contributed by atoms with E-state index in [9.17, 15) is 0 Å². The van der Waals surface area contributed by atoms with E-state index in [1.165, 1.54) is 42.5 Å². The van der Waals surface area contributed by atoms with Crippen LogP contribution in [0.15, 0.2) is 18.2 Å². The second kappa shape index (κ2) is 6.91. The van der Waals surface area contributed by atoms with Crippen LogP contribution < -0.4 is 10.6 Å². The number of hydrogen-bond donors (Lipinski definition) is 2. The first-order valence-electron chi connectivity index (χ1n) is 7.26. The van der Waals surface area contributed by atoms with Gasteiger partial charge in [0.25, 0.3) is 0 Å². The molecule has 18 heavy (non-hydrogen) atoms. The van der Waals surface area contributed by atoms with Gasteiger partial charge in [0.1, 0.15) is 0 Å². The van der Waals surface area contributed by atoms with Crippen molar-refractivity contribution in [3.05, 3.63) is 34.9 Å². The number of aryl methyl sites for hydroxylation is 2. The first-order valence-corrected chi connectivity index (χ1v) is 7.26. The number of benzene rings is 1. The van der Waals surface area contributed by atoms with Crippen LogP contribution in [-0.4, -0.2) is 25.7 Å². The highest BCUT2D eigenvalue weighted by Crippen LogP contribution is 2.11. The van der Waals surface area contributed by atoms with Crippen LogP contribution in [0.2, 0.25) is 0 Å². The van der Waals surface area contributed by atoms with Crippen LogP contribution in [0.1, 0.15) is 36.0 Å². The summed E-state index contributed by atoms with van der Waals surface area (Å²) in [6.07, 6.45) is 5.20. The molecule has 1 aromatic carbocycles. The molecule has 0 aromatic heterocycles. The van der Waals surface area contributed by atoms with Crippen LogP contribution in [0.25, 0.3) is 0 Å². The van der Waals surface area contributed by atoms with Gasteiger partial charge in [-0.1, -0.05) is 30.2 Å². The van der Waals surface area contributed by atoms with Crippen molar-refractivity contribution in [2.45, 2.75) is 45.6 Å². The maximum absolute atomic E-state index is 3.58. The van der Waals surface area contributed by atoms with Crippen LogP contribution >= 0.6 is 0 Å². The molecule has 1 fully saturated rings.